The predicted octanol–water partition coefficient (Wildman–Crippen LogP) is 3.71. The van der Waals surface area contributed by atoms with E-state index in [2.05, 4.69) is 9.97 Å². The highest BCUT2D eigenvalue weighted by molar-refractivity contribution is 6.30. The van der Waals surface area contributed by atoms with E-state index in [1.165, 1.54) is 10.9 Å². The fraction of sp³-hybridized carbons (Fsp3) is 0.0526. The number of benzene rings is 2. The van der Waals surface area contributed by atoms with Crippen LogP contribution in [0.25, 0.3) is 16.9 Å². The molecule has 0 fully saturated rings. The van der Waals surface area contributed by atoms with Crippen molar-refractivity contribution in [3.8, 4) is 23.5 Å². The molecule has 0 atom stereocenters. The lowest BCUT2D eigenvalue weighted by Gasteiger charge is -2.13. The van der Waals surface area contributed by atoms with Crippen LogP contribution in [0, 0.1) is 23.0 Å². The molecule has 144 valence electrons. The Morgan fingerprint density at radius 1 is 1.14 bits per heavy atom. The highest BCUT2D eigenvalue weighted by atomic mass is 35.5. The molecule has 0 unspecified atom stereocenters. The highest BCUT2D eigenvalue weighted by Gasteiger charge is 2.21. The van der Waals surface area contributed by atoms with Crippen LogP contribution in [0.5, 0.6) is 11.8 Å². The van der Waals surface area contributed by atoms with Crippen LogP contribution in [0.2, 0.25) is 5.02 Å². The number of fused-ring (bicyclic) bond motifs is 1. The molecule has 0 aliphatic heterocycles. The zero-order valence-corrected chi connectivity index (χ0v) is 15.5. The van der Waals surface area contributed by atoms with Gasteiger partial charge in [-0.3, -0.25) is 4.79 Å². The first-order valence-corrected chi connectivity index (χ1v) is 8.54. The summed E-state index contributed by atoms with van der Waals surface area (Å²) in [4.78, 5) is 21.3. The van der Waals surface area contributed by atoms with Gasteiger partial charge >= 0.3 is 6.01 Å². The molecule has 0 aliphatic rings. The molecule has 0 saturated heterocycles. The minimum absolute atomic E-state index is 0.0706. The average molecular weight is 414 g/mol. The fourth-order valence-electron chi connectivity index (χ4n) is 2.72. The molecule has 7 nitrogen and oxygen atoms in total. The number of rotatable bonds is 3. The van der Waals surface area contributed by atoms with E-state index in [-0.39, 0.29) is 17.2 Å². The van der Waals surface area contributed by atoms with Crippen LogP contribution in [0.4, 0.5) is 8.78 Å². The van der Waals surface area contributed by atoms with Crippen LogP contribution in [0.15, 0.2) is 47.5 Å². The minimum Gasteiger partial charge on any atom is -0.422 e. The smallest absolute Gasteiger partial charge is 0.311 e. The predicted molar refractivity (Wildman–Crippen MR) is 100 cm³/mol. The minimum atomic E-state index is -1.37. The lowest BCUT2D eigenvalue weighted by Crippen LogP contribution is -2.22. The van der Waals surface area contributed by atoms with Gasteiger partial charge in [0.25, 0.3) is 5.56 Å². The van der Waals surface area contributed by atoms with Crippen molar-refractivity contribution in [2.24, 2.45) is 7.05 Å². The maximum atomic E-state index is 14.4. The summed E-state index contributed by atoms with van der Waals surface area (Å²) < 4.78 is 36.4. The normalized spacial score (nSPS) is 10.9. The third-order valence-corrected chi connectivity index (χ3v) is 4.41. The van der Waals surface area contributed by atoms with Gasteiger partial charge in [-0.2, -0.15) is 14.6 Å². The molecule has 0 aliphatic carbocycles. The molecule has 0 spiro atoms. The number of nitriles is 1. The second-order valence-electron chi connectivity index (χ2n) is 5.99. The molecule has 0 saturated carbocycles. The molecule has 0 bridgehead atoms. The van der Waals surface area contributed by atoms with Crippen LogP contribution >= 0.6 is 11.6 Å². The largest absolute Gasteiger partial charge is 0.422 e. The summed E-state index contributed by atoms with van der Waals surface area (Å²) in [5.41, 5.74) is -0.433. The number of aromatic nitrogens is 4. The van der Waals surface area contributed by atoms with Crippen LogP contribution in [-0.4, -0.2) is 19.1 Å². The number of aryl methyl sites for hydroxylation is 1. The Kier molecular flexibility index (Phi) is 4.48. The van der Waals surface area contributed by atoms with Crippen molar-refractivity contribution in [1.82, 2.24) is 19.1 Å². The molecule has 0 N–H and O–H groups in total. The van der Waals surface area contributed by atoms with Crippen molar-refractivity contribution in [3.05, 3.63) is 75.3 Å². The first-order valence-electron chi connectivity index (χ1n) is 8.16. The Bertz CT molecular complexity index is 1360. The molecule has 2 aromatic heterocycles. The van der Waals surface area contributed by atoms with Crippen molar-refractivity contribution < 1.29 is 13.5 Å². The molecule has 2 heterocycles. The molecule has 4 aromatic rings. The monoisotopic (exact) mass is 413 g/mol. The van der Waals surface area contributed by atoms with Crippen LogP contribution in [-0.2, 0) is 7.05 Å². The van der Waals surface area contributed by atoms with E-state index < -0.39 is 28.5 Å². The van der Waals surface area contributed by atoms with Crippen molar-refractivity contribution in [1.29, 1.82) is 5.26 Å². The third-order valence-electron chi connectivity index (χ3n) is 4.16. The van der Waals surface area contributed by atoms with Crippen LogP contribution < -0.4 is 10.3 Å². The summed E-state index contributed by atoms with van der Waals surface area (Å²) in [7, 11) is 1.63. The van der Waals surface area contributed by atoms with Gasteiger partial charge in [-0.15, -0.1) is 0 Å². The van der Waals surface area contributed by atoms with Crippen molar-refractivity contribution in [2.45, 2.75) is 0 Å². The zero-order chi connectivity index (χ0) is 20.7. The Morgan fingerprint density at radius 3 is 2.55 bits per heavy atom. The van der Waals surface area contributed by atoms with E-state index in [1.807, 2.05) is 0 Å². The number of hydrogen-bond donors (Lipinski definition) is 0. The zero-order valence-electron chi connectivity index (χ0n) is 14.7. The number of ether oxygens (including phenoxy) is 1. The average Bonchev–Trinajstić information content (AvgIpc) is 3.08. The molecular formula is C19H10ClF2N5O2. The Hall–Kier alpha value is -3.77. The molecule has 10 heteroatoms. The van der Waals surface area contributed by atoms with E-state index in [4.69, 9.17) is 21.6 Å². The Labute approximate surface area is 167 Å². The number of hydrogen-bond acceptors (Lipinski definition) is 5. The summed E-state index contributed by atoms with van der Waals surface area (Å²) in [5, 5.41) is 9.27. The number of halogens is 3. The summed E-state index contributed by atoms with van der Waals surface area (Å²) in [6.07, 6.45) is 1.40. The second kappa shape index (κ2) is 7.00. The van der Waals surface area contributed by atoms with Gasteiger partial charge in [-0.25, -0.2) is 13.9 Å². The molecule has 0 amide bonds. The van der Waals surface area contributed by atoms with E-state index in [0.29, 0.717) is 10.7 Å². The van der Waals surface area contributed by atoms with Gasteiger partial charge in [0.2, 0.25) is 5.82 Å². The molecule has 0 radical (unpaired) electrons. The van der Waals surface area contributed by atoms with Gasteiger partial charge in [-0.1, -0.05) is 11.6 Å². The van der Waals surface area contributed by atoms with E-state index >= 15 is 0 Å². The Morgan fingerprint density at radius 2 is 1.86 bits per heavy atom. The molecule has 4 rings (SSSR count). The van der Waals surface area contributed by atoms with Gasteiger partial charge in [0.05, 0.1) is 17.6 Å². The highest BCUT2D eigenvalue weighted by Crippen LogP contribution is 2.28. The maximum Gasteiger partial charge on any atom is 0.311 e. The lowest BCUT2D eigenvalue weighted by molar-refractivity contribution is 0.383. The molecule has 2 aromatic carbocycles. The summed E-state index contributed by atoms with van der Waals surface area (Å²) in [6, 6.07) is 9.58. The first-order chi connectivity index (χ1) is 13.9. The van der Waals surface area contributed by atoms with E-state index in [0.717, 1.165) is 16.7 Å². The number of imidazole rings is 1. The van der Waals surface area contributed by atoms with Gasteiger partial charge in [-0.05, 0) is 36.4 Å². The second-order valence-corrected chi connectivity index (χ2v) is 6.43. The van der Waals surface area contributed by atoms with Crippen molar-refractivity contribution >= 4 is 22.8 Å². The first kappa shape index (κ1) is 18.6. The van der Waals surface area contributed by atoms with Gasteiger partial charge < -0.3 is 9.30 Å². The van der Waals surface area contributed by atoms with E-state index in [9.17, 15) is 13.6 Å². The Balaban J connectivity index is 1.96. The summed E-state index contributed by atoms with van der Waals surface area (Å²) >= 11 is 5.91. The fourth-order valence-corrected chi connectivity index (χ4v) is 2.85. The number of nitrogens with zero attached hydrogens (tertiary/aromatic N) is 5. The topological polar surface area (TPSA) is 85.7 Å². The SMILES string of the molecule is Cn1cnc2c(=O)n(-c3ccc(Cl)cc3)c(Oc3ccc(C#N)c(F)c3F)nc21. The van der Waals surface area contributed by atoms with Crippen LogP contribution in [0.3, 0.4) is 0 Å². The molecular weight excluding hydrogens is 404 g/mol. The van der Waals surface area contributed by atoms with Crippen molar-refractivity contribution in [3.63, 3.8) is 0 Å². The van der Waals surface area contributed by atoms with Crippen molar-refractivity contribution in [2.75, 3.05) is 0 Å². The van der Waals surface area contributed by atoms with Crippen LogP contribution in [0.1, 0.15) is 5.56 Å². The van der Waals surface area contributed by atoms with Gasteiger partial charge in [0.1, 0.15) is 6.07 Å². The summed E-state index contributed by atoms with van der Waals surface area (Å²) in [6.45, 7) is 0. The molecule has 29 heavy (non-hydrogen) atoms. The van der Waals surface area contributed by atoms with Gasteiger partial charge in [0.15, 0.2) is 22.7 Å². The van der Waals surface area contributed by atoms with Gasteiger partial charge in [0, 0.05) is 12.1 Å². The van der Waals surface area contributed by atoms with E-state index in [1.54, 1.807) is 37.4 Å². The standard InChI is InChI=1S/C19H10ClF2N5O2/c1-26-9-24-16-17(26)25-19(27(18(16)28)12-5-3-11(20)4-6-12)29-13-7-2-10(8-23)14(21)15(13)22/h2-7,9H,1H3. The third kappa shape index (κ3) is 3.09. The maximum absolute atomic E-state index is 14.4. The quantitative estimate of drug-likeness (QED) is 0.511. The summed E-state index contributed by atoms with van der Waals surface area (Å²) in [5.74, 6) is -3.25. The lowest BCUT2D eigenvalue weighted by atomic mass is 10.2.